The van der Waals surface area contributed by atoms with Crippen LogP contribution in [0.3, 0.4) is 0 Å². The van der Waals surface area contributed by atoms with Crippen molar-refractivity contribution < 1.29 is 50.3 Å². The summed E-state index contributed by atoms with van der Waals surface area (Å²) in [6, 6.07) is 17.1. The number of nitrogens with two attached hydrogens (primary N) is 1. The predicted octanol–water partition coefficient (Wildman–Crippen LogP) is 7.78. The molecular formula is C44H44F6N12O5. The molecule has 3 N–H and O–H groups in total. The van der Waals surface area contributed by atoms with Gasteiger partial charge in [0.05, 0.1) is 35.3 Å². The van der Waals surface area contributed by atoms with Crippen LogP contribution in [0.5, 0.6) is 5.75 Å². The molecule has 8 heterocycles. The lowest BCUT2D eigenvalue weighted by Crippen LogP contribution is -2.48. The lowest BCUT2D eigenvalue weighted by molar-refractivity contribution is -0.169. The number of aromatic nitrogens is 6. The van der Waals surface area contributed by atoms with Crippen LogP contribution in [0.25, 0.3) is 0 Å². The van der Waals surface area contributed by atoms with Crippen molar-refractivity contribution >= 4 is 58.6 Å². The summed E-state index contributed by atoms with van der Waals surface area (Å²) in [6.07, 6.45) is -3.37. The number of fused-ring (bicyclic) bond motifs is 8. The molecule has 4 aliphatic heterocycles. The van der Waals surface area contributed by atoms with Crippen molar-refractivity contribution in [2.45, 2.75) is 64.0 Å². The molecule has 0 saturated carbocycles. The molecule has 4 aromatic heterocycles. The SMILES string of the molecule is C[C@@H](CC(=O)c1ccc2c(n1)N(C(=O)Nc1ncccn1)[C@H]1CCN2C1)C(F)(F)F.C[C@@H](CC(=O)c1ccc2c(n1)N(C(=O)Oc1ccccc1)[C@H]1CCN2C1)C(F)(F)F.Nc1ncccn1. The average Bonchev–Trinajstić information content (AvgIpc) is 3.92. The van der Waals surface area contributed by atoms with Gasteiger partial charge in [0, 0.05) is 63.8 Å². The highest BCUT2D eigenvalue weighted by Crippen LogP contribution is 2.41. The summed E-state index contributed by atoms with van der Waals surface area (Å²) in [5, 5.41) is 2.61. The highest BCUT2D eigenvalue weighted by Gasteiger charge is 2.44. The molecule has 4 aliphatic rings. The first kappa shape index (κ1) is 47.5. The number of rotatable bonds is 8. The molecule has 0 radical (unpaired) electrons. The topological polar surface area (TPSA) is 206 Å². The van der Waals surface area contributed by atoms with Crippen LogP contribution >= 0.6 is 0 Å². The predicted molar refractivity (Wildman–Crippen MR) is 233 cm³/mol. The lowest BCUT2D eigenvalue weighted by Gasteiger charge is -2.35. The molecule has 1 aromatic carbocycles. The maximum atomic E-state index is 13.0. The molecule has 67 heavy (non-hydrogen) atoms. The maximum absolute atomic E-state index is 13.0. The number of nitrogens with zero attached hydrogens (tertiary/aromatic N) is 10. The normalized spacial score (nSPS) is 17.7. The van der Waals surface area contributed by atoms with Crippen molar-refractivity contribution in [2.24, 2.45) is 11.8 Å². The second-order valence-electron chi connectivity index (χ2n) is 16.0. The van der Waals surface area contributed by atoms with Crippen LogP contribution in [0.1, 0.15) is 60.5 Å². The number of carbonyl (C=O) groups excluding carboxylic acids is 4. The summed E-state index contributed by atoms with van der Waals surface area (Å²) in [6.45, 7) is 4.57. The quantitative estimate of drug-likeness (QED) is 0.113. The second-order valence-corrected chi connectivity index (χ2v) is 16.0. The third-order valence-electron chi connectivity index (χ3n) is 11.3. The second kappa shape index (κ2) is 20.0. The Morgan fingerprint density at radius 1 is 0.672 bits per heavy atom. The number of anilines is 6. The molecule has 2 saturated heterocycles. The zero-order chi connectivity index (χ0) is 48.0. The van der Waals surface area contributed by atoms with Crippen molar-refractivity contribution in [1.82, 2.24) is 29.9 Å². The molecule has 0 unspecified atom stereocenters. The Hall–Kier alpha value is -7.46. The molecule has 23 heteroatoms. The number of ketones is 2. The molecule has 4 bridgehead atoms. The van der Waals surface area contributed by atoms with Gasteiger partial charge in [-0.25, -0.2) is 39.5 Å². The van der Waals surface area contributed by atoms with Crippen LogP contribution in [0.15, 0.2) is 91.5 Å². The van der Waals surface area contributed by atoms with E-state index >= 15 is 0 Å². The van der Waals surface area contributed by atoms with Gasteiger partial charge in [-0.15, -0.1) is 0 Å². The largest absolute Gasteiger partial charge is 0.421 e. The van der Waals surface area contributed by atoms with Gasteiger partial charge in [-0.05, 0) is 61.4 Å². The minimum absolute atomic E-state index is 0.0927. The van der Waals surface area contributed by atoms with Crippen LogP contribution in [0.4, 0.5) is 70.8 Å². The highest BCUT2D eigenvalue weighted by molar-refractivity contribution is 6.05. The van der Waals surface area contributed by atoms with Gasteiger partial charge in [-0.2, -0.15) is 26.3 Å². The molecule has 0 aliphatic carbocycles. The van der Waals surface area contributed by atoms with Gasteiger partial charge in [0.15, 0.2) is 23.2 Å². The zero-order valence-electron chi connectivity index (χ0n) is 36.0. The van der Waals surface area contributed by atoms with E-state index in [9.17, 15) is 45.5 Å². The molecule has 0 spiro atoms. The number of nitrogen functional groups attached to an aromatic ring is 1. The molecular weight excluding hydrogens is 891 g/mol. The number of amides is 3. The van der Waals surface area contributed by atoms with Crippen molar-refractivity contribution in [1.29, 1.82) is 0 Å². The molecule has 5 aromatic rings. The fourth-order valence-electron chi connectivity index (χ4n) is 7.69. The number of hydrogen-bond acceptors (Lipinski definition) is 14. The van der Waals surface area contributed by atoms with E-state index in [1.807, 2.05) is 9.80 Å². The Labute approximate surface area is 379 Å². The van der Waals surface area contributed by atoms with E-state index in [2.05, 4.69) is 35.2 Å². The van der Waals surface area contributed by atoms with Gasteiger partial charge in [-0.1, -0.05) is 32.0 Å². The molecule has 9 rings (SSSR count). The van der Waals surface area contributed by atoms with Crippen LogP contribution < -0.4 is 35.4 Å². The van der Waals surface area contributed by atoms with Crippen LogP contribution in [-0.2, 0) is 0 Å². The lowest BCUT2D eigenvalue weighted by atomic mass is 10.0. The Morgan fingerprint density at radius 2 is 1.13 bits per heavy atom. The zero-order valence-corrected chi connectivity index (χ0v) is 36.0. The summed E-state index contributed by atoms with van der Waals surface area (Å²) >= 11 is 0. The number of nitrogens with one attached hydrogen (secondary N) is 1. The number of hydrogen-bond donors (Lipinski definition) is 2. The fourth-order valence-corrected chi connectivity index (χ4v) is 7.69. The number of carbonyl (C=O) groups is 4. The maximum Gasteiger partial charge on any atom is 0.421 e. The number of para-hydroxylation sites is 1. The van der Waals surface area contributed by atoms with Crippen LogP contribution in [-0.4, -0.2) is 104 Å². The Bertz CT molecular complexity index is 2400. The van der Waals surface area contributed by atoms with Gasteiger partial charge < -0.3 is 20.3 Å². The number of pyridine rings is 2. The number of benzene rings is 1. The van der Waals surface area contributed by atoms with Crippen molar-refractivity contribution in [3.8, 4) is 5.75 Å². The fraction of sp³-hybridized carbons (Fsp3) is 0.364. The van der Waals surface area contributed by atoms with Crippen molar-refractivity contribution in [3.05, 3.63) is 103 Å². The summed E-state index contributed by atoms with van der Waals surface area (Å²) in [5.41, 5.74) is 6.27. The van der Waals surface area contributed by atoms with Gasteiger partial charge in [0.1, 0.15) is 17.1 Å². The summed E-state index contributed by atoms with van der Waals surface area (Å²) < 4.78 is 82.5. The van der Waals surface area contributed by atoms with E-state index in [1.54, 1.807) is 67.0 Å². The van der Waals surface area contributed by atoms with E-state index < -0.39 is 60.7 Å². The first-order valence-corrected chi connectivity index (χ1v) is 21.0. The summed E-state index contributed by atoms with van der Waals surface area (Å²) in [7, 11) is 0. The third kappa shape index (κ3) is 11.3. The Morgan fingerprint density at radius 3 is 1.60 bits per heavy atom. The minimum atomic E-state index is -4.46. The van der Waals surface area contributed by atoms with Gasteiger partial charge in [-0.3, -0.25) is 24.7 Å². The Balaban J connectivity index is 0.000000173. The van der Waals surface area contributed by atoms with Crippen LogP contribution in [0, 0.1) is 11.8 Å². The average molecular weight is 935 g/mol. The molecule has 4 atom stereocenters. The van der Waals surface area contributed by atoms with E-state index in [1.165, 1.54) is 34.3 Å². The van der Waals surface area contributed by atoms with Gasteiger partial charge >= 0.3 is 24.5 Å². The van der Waals surface area contributed by atoms with E-state index in [0.717, 1.165) is 13.8 Å². The number of Topliss-reactive ketones (excluding diaryl/α,β-unsaturated/α-hetero) is 2. The smallest absolute Gasteiger partial charge is 0.410 e. The molecule has 3 amide bonds. The number of urea groups is 1. The standard InChI is InChI=1S/C21H20F3N3O3.C19H19F3N6O2.C4H5N3/c1-13(21(22,23)24)11-18(28)16-7-8-17-19(25-16)27(14-9-10-26(17)12-14)20(29)30-15-5-3-2-4-6-15;1-11(19(20,21)22)9-15(29)13-3-4-14-16(25-13)28(12-5-8-27(14)10-12)18(30)26-17-23-6-2-7-24-17;5-4-6-2-1-3-7-4/h2-8,13-14H,9-12H2,1H3;2-4,6-7,11-12H,5,8-10H2,1H3,(H,23,24,26,30);1-3H,(H2,5,6,7)/t13-,14-;11-,12-;/m00./s1. The summed E-state index contributed by atoms with van der Waals surface area (Å²) in [4.78, 5) is 81.5. The Kier molecular flexibility index (Phi) is 14.2. The van der Waals surface area contributed by atoms with E-state index in [0.29, 0.717) is 62.1 Å². The highest BCUT2D eigenvalue weighted by atomic mass is 19.4. The number of alkyl halides is 6. The van der Waals surface area contributed by atoms with Crippen molar-refractivity contribution in [3.63, 3.8) is 0 Å². The number of halogens is 6. The molecule has 17 nitrogen and oxygen atoms in total. The summed E-state index contributed by atoms with van der Waals surface area (Å²) in [5.74, 6) is -3.68. The first-order valence-electron chi connectivity index (χ1n) is 21.0. The van der Waals surface area contributed by atoms with Gasteiger partial charge in [0.25, 0.3) is 0 Å². The van der Waals surface area contributed by atoms with Crippen LogP contribution in [0.2, 0.25) is 0 Å². The van der Waals surface area contributed by atoms with Gasteiger partial charge in [0.2, 0.25) is 11.9 Å². The first-order chi connectivity index (χ1) is 31.9. The molecule has 352 valence electrons. The monoisotopic (exact) mass is 934 g/mol. The number of ether oxygens (including phenoxy) is 1. The minimum Gasteiger partial charge on any atom is -0.410 e. The van der Waals surface area contributed by atoms with Crippen molar-refractivity contribution in [2.75, 3.05) is 56.8 Å². The third-order valence-corrected chi connectivity index (χ3v) is 11.3. The van der Waals surface area contributed by atoms with E-state index in [-0.39, 0.29) is 41.1 Å². The van der Waals surface area contributed by atoms with E-state index in [4.69, 9.17) is 10.5 Å². The molecule has 2 fully saturated rings.